The van der Waals surface area contributed by atoms with E-state index in [1.54, 1.807) is 37.4 Å². The number of rotatable bonds is 42. The van der Waals surface area contributed by atoms with Gasteiger partial charge in [-0.25, -0.2) is 0 Å². The van der Waals surface area contributed by atoms with Crippen LogP contribution in [0.4, 0.5) is 0 Å². The van der Waals surface area contributed by atoms with Gasteiger partial charge in [-0.15, -0.1) is 0 Å². The first-order valence-corrected chi connectivity index (χ1v) is 25.8. The average Bonchev–Trinajstić information content (AvgIpc) is 3.33. The molecule has 4 amide bonds. The Morgan fingerprint density at radius 1 is 0.527 bits per heavy atom. The molecule has 74 heavy (non-hydrogen) atoms. The van der Waals surface area contributed by atoms with Gasteiger partial charge in [0.05, 0.1) is 36.5 Å². The number of primary amides is 1. The van der Waals surface area contributed by atoms with Crippen LogP contribution in [0.3, 0.4) is 0 Å². The van der Waals surface area contributed by atoms with E-state index in [2.05, 4.69) is 31.3 Å². The minimum atomic E-state index is -1.31. The van der Waals surface area contributed by atoms with E-state index in [1.165, 1.54) is 6.92 Å². The van der Waals surface area contributed by atoms with Crippen molar-refractivity contribution in [3.63, 3.8) is 0 Å². The molecule has 0 aliphatic heterocycles. The number of benzene rings is 1. The summed E-state index contributed by atoms with van der Waals surface area (Å²) in [5.41, 5.74) is 39.7. The summed E-state index contributed by atoms with van der Waals surface area (Å²) in [7, 11) is 1.61. The Morgan fingerprint density at radius 2 is 0.973 bits per heavy atom. The van der Waals surface area contributed by atoms with E-state index in [-0.39, 0.29) is 94.5 Å². The molecular formula is C51H87N13O10. The van der Waals surface area contributed by atoms with Crippen molar-refractivity contribution >= 4 is 64.7 Å². The molecule has 416 valence electrons. The number of carboxylic acid groups (broad SMARTS) is 1. The number of ketones is 4. The van der Waals surface area contributed by atoms with E-state index >= 15 is 0 Å². The number of carbonyl (C=O) groups excluding carboxylic acids is 8. The number of nitrogens with zero attached hydrogens (tertiary/aromatic N) is 2. The largest absolute Gasteiger partial charge is 0.481 e. The molecule has 0 aliphatic carbocycles. The number of Topliss-reactive ketones (excluding diaryl/α,β-unsaturated/α-hetero) is 4. The molecule has 8 atom stereocenters. The number of amides is 4. The Morgan fingerprint density at radius 3 is 1.46 bits per heavy atom. The fourth-order valence-corrected chi connectivity index (χ4v) is 8.44. The Labute approximate surface area is 435 Å². The molecule has 0 aromatic heterocycles. The summed E-state index contributed by atoms with van der Waals surface area (Å²) in [5, 5.41) is 21.0. The smallest absolute Gasteiger partial charge is 0.304 e. The number of unbranched alkanes of at least 4 members (excludes halogenated alkanes) is 2. The number of aliphatic imine (C=N–C) groups is 2. The van der Waals surface area contributed by atoms with Gasteiger partial charge in [0.1, 0.15) is 0 Å². The summed E-state index contributed by atoms with van der Waals surface area (Å²) < 4.78 is 0. The van der Waals surface area contributed by atoms with Gasteiger partial charge < -0.3 is 66.5 Å². The van der Waals surface area contributed by atoms with Crippen LogP contribution < -0.4 is 61.4 Å². The number of aliphatic carboxylic acids is 1. The van der Waals surface area contributed by atoms with Crippen molar-refractivity contribution in [3.8, 4) is 0 Å². The third-order valence-electron chi connectivity index (χ3n) is 12.7. The van der Waals surface area contributed by atoms with Gasteiger partial charge in [0.15, 0.2) is 35.1 Å². The zero-order valence-electron chi connectivity index (χ0n) is 44.0. The Balaban J connectivity index is 3.55. The highest BCUT2D eigenvalue weighted by atomic mass is 16.4. The summed E-state index contributed by atoms with van der Waals surface area (Å²) in [6.45, 7) is 6.26. The van der Waals surface area contributed by atoms with Gasteiger partial charge in [0.25, 0.3) is 0 Å². The van der Waals surface area contributed by atoms with E-state index in [4.69, 9.17) is 40.1 Å². The standard InChI is InChI=1S/C51H87N13O10/c1-31(2)24-39(59-4)43(67)29-37(30-45(69)70)49(74)64-40(25-33-14-6-5-7-15-33)44(68)28-36(17-9-11-21-53)48(73)63-38(19-13-23-61-51(57)58)42(66)27-35(16-8-10-20-52)47(72)62-32(3)41(65)26-34(46(54)71)18-12-22-60-50(55)56/h5-7,14-15,31-32,34-40,59H,8-13,16-30,52-53H2,1-4H3,(H2,54,71)(H,62,72)(H,63,73)(H,64,74)(H,69,70)(H4,55,56,60)(H4,57,58,61)/t32-,34-,35-,36-,37-,38-,39-,40-/m0/s1. The van der Waals surface area contributed by atoms with Crippen LogP contribution in [0.5, 0.6) is 0 Å². The second-order valence-electron chi connectivity index (χ2n) is 19.4. The van der Waals surface area contributed by atoms with Crippen molar-refractivity contribution in [3.05, 3.63) is 35.9 Å². The molecular weight excluding hydrogens is 955 g/mol. The Hall–Kier alpha value is -6.33. The van der Waals surface area contributed by atoms with Crippen LogP contribution in [0, 0.1) is 29.6 Å². The molecule has 0 fully saturated rings. The maximum absolute atomic E-state index is 14.5. The van der Waals surface area contributed by atoms with Crippen LogP contribution in [-0.2, 0) is 49.6 Å². The van der Waals surface area contributed by atoms with Gasteiger partial charge in [-0.05, 0) is 103 Å². The second kappa shape index (κ2) is 36.6. The van der Waals surface area contributed by atoms with Gasteiger partial charge in [0, 0.05) is 56.5 Å². The summed E-state index contributed by atoms with van der Waals surface area (Å²) in [6.07, 6.45) is 1.54. The molecule has 0 radical (unpaired) electrons. The maximum atomic E-state index is 14.5. The summed E-state index contributed by atoms with van der Waals surface area (Å²) in [6, 6.07) is 4.67. The van der Waals surface area contributed by atoms with Crippen molar-refractivity contribution in [2.75, 3.05) is 33.2 Å². The molecule has 0 spiro atoms. The molecule has 1 rings (SSSR count). The first kappa shape index (κ1) is 65.7. The number of likely N-dealkylation sites (N-methyl/N-ethyl adjacent to an activating group) is 1. The normalized spacial score (nSPS) is 14.4. The first-order valence-electron chi connectivity index (χ1n) is 25.8. The highest BCUT2D eigenvalue weighted by Gasteiger charge is 2.35. The first-order chi connectivity index (χ1) is 35.0. The number of guanidine groups is 2. The summed E-state index contributed by atoms with van der Waals surface area (Å²) in [4.78, 5) is 130. The molecule has 0 aliphatic rings. The predicted molar refractivity (Wildman–Crippen MR) is 283 cm³/mol. The Kier molecular flexibility index (Phi) is 32.5. The quantitative estimate of drug-likeness (QED) is 0.0232. The summed E-state index contributed by atoms with van der Waals surface area (Å²) >= 11 is 0. The molecule has 23 heteroatoms. The molecule has 0 unspecified atom stereocenters. The highest BCUT2D eigenvalue weighted by Crippen LogP contribution is 2.22. The van der Waals surface area contributed by atoms with Gasteiger partial charge in [0.2, 0.25) is 23.6 Å². The second-order valence-corrected chi connectivity index (χ2v) is 19.4. The molecule has 0 heterocycles. The molecule has 1 aromatic rings. The van der Waals surface area contributed by atoms with Crippen molar-refractivity contribution in [1.29, 1.82) is 0 Å². The number of carbonyl (C=O) groups is 9. The fraction of sp³-hybridized carbons (Fsp3) is 0.667. The van der Waals surface area contributed by atoms with E-state index in [0.717, 1.165) is 0 Å². The molecule has 19 N–H and O–H groups in total. The minimum Gasteiger partial charge on any atom is -0.481 e. The molecule has 0 bridgehead atoms. The number of hydrogen-bond acceptors (Lipinski definition) is 14. The number of carboxylic acids is 1. The van der Waals surface area contributed by atoms with E-state index in [1.807, 2.05) is 13.8 Å². The van der Waals surface area contributed by atoms with E-state index in [9.17, 15) is 48.3 Å². The third-order valence-corrected chi connectivity index (χ3v) is 12.7. The molecule has 23 nitrogen and oxygen atoms in total. The lowest BCUT2D eigenvalue weighted by atomic mass is 9.88. The fourth-order valence-electron chi connectivity index (χ4n) is 8.44. The molecule has 0 saturated carbocycles. The molecule has 1 aromatic carbocycles. The lowest BCUT2D eigenvalue weighted by molar-refractivity contribution is -0.142. The molecule has 0 saturated heterocycles. The summed E-state index contributed by atoms with van der Waals surface area (Å²) in [5.74, 6) is -10.3. The van der Waals surface area contributed by atoms with Crippen molar-refractivity contribution in [2.24, 2.45) is 79.7 Å². The highest BCUT2D eigenvalue weighted by molar-refractivity contribution is 5.98. The number of nitrogens with two attached hydrogens (primary N) is 7. The van der Waals surface area contributed by atoms with Crippen molar-refractivity contribution in [1.82, 2.24) is 21.3 Å². The monoisotopic (exact) mass is 1040 g/mol. The number of hydrogen-bond donors (Lipinski definition) is 12. The van der Waals surface area contributed by atoms with Crippen molar-refractivity contribution in [2.45, 2.75) is 154 Å². The predicted octanol–water partition coefficient (Wildman–Crippen LogP) is -0.0357. The topological polar surface area (TPSA) is 429 Å². The van der Waals surface area contributed by atoms with E-state index < -0.39 is 108 Å². The lowest BCUT2D eigenvalue weighted by Gasteiger charge is -2.26. The van der Waals surface area contributed by atoms with Crippen molar-refractivity contribution < 1.29 is 48.3 Å². The lowest BCUT2D eigenvalue weighted by Crippen LogP contribution is -2.49. The van der Waals surface area contributed by atoms with Crippen LogP contribution in [0.25, 0.3) is 0 Å². The zero-order valence-corrected chi connectivity index (χ0v) is 44.0. The number of nitrogens with one attached hydrogen (secondary N) is 4. The minimum absolute atomic E-state index is 0.0150. The van der Waals surface area contributed by atoms with Gasteiger partial charge in [-0.3, -0.25) is 53.1 Å². The zero-order chi connectivity index (χ0) is 55.8. The van der Waals surface area contributed by atoms with Gasteiger partial charge >= 0.3 is 5.97 Å². The van der Waals surface area contributed by atoms with Gasteiger partial charge in [-0.2, -0.15) is 0 Å². The van der Waals surface area contributed by atoms with Crippen LogP contribution in [0.2, 0.25) is 0 Å². The Bertz CT molecular complexity index is 2010. The average molecular weight is 1040 g/mol. The van der Waals surface area contributed by atoms with Crippen LogP contribution in [0.1, 0.15) is 129 Å². The van der Waals surface area contributed by atoms with Gasteiger partial charge in [-0.1, -0.05) is 57.0 Å². The van der Waals surface area contributed by atoms with Crippen LogP contribution >= 0.6 is 0 Å². The third kappa shape index (κ3) is 27.6. The maximum Gasteiger partial charge on any atom is 0.304 e. The van der Waals surface area contributed by atoms with Crippen LogP contribution in [0.15, 0.2) is 40.3 Å². The van der Waals surface area contributed by atoms with E-state index in [0.29, 0.717) is 57.2 Å². The van der Waals surface area contributed by atoms with Crippen LogP contribution in [-0.4, -0.2) is 127 Å². The SMILES string of the molecule is CN[C@@H](CC(C)C)C(=O)C[C@@H](CC(=O)O)C(=O)N[C@@H](Cc1ccccc1)C(=O)C[C@H](CCCCN)C(=O)N[C@@H](CCCN=C(N)N)C(=O)C[C@H](CCCCN)C(=O)N[C@@H](C)C(=O)C[C@H](CCCN=C(N)N)C(N)=O.